The molecule has 2 unspecified atom stereocenters. The summed E-state index contributed by atoms with van der Waals surface area (Å²) in [5.74, 6) is -1.55. The standard InChI is InChI=1S/C15H17N3O3/c1-3-15(11(2)19,14(20)21)13(18-10-16-9-17-18)12-7-5-4-6-8-12/h4-10,13H,3H2,1-2H3,(H,20,21). The highest BCUT2D eigenvalue weighted by Gasteiger charge is 2.51. The zero-order valence-corrected chi connectivity index (χ0v) is 11.9. The van der Waals surface area contributed by atoms with Crippen molar-refractivity contribution in [1.82, 2.24) is 14.8 Å². The number of aromatic nitrogens is 3. The second-order valence-corrected chi connectivity index (χ2v) is 4.87. The molecule has 2 atom stereocenters. The lowest BCUT2D eigenvalue weighted by molar-refractivity contribution is -0.157. The number of carboxylic acid groups (broad SMARTS) is 1. The maximum atomic E-state index is 12.2. The summed E-state index contributed by atoms with van der Waals surface area (Å²) in [5.41, 5.74) is -0.864. The van der Waals surface area contributed by atoms with Crippen LogP contribution < -0.4 is 0 Å². The average Bonchev–Trinajstić information content (AvgIpc) is 2.98. The van der Waals surface area contributed by atoms with E-state index >= 15 is 0 Å². The third kappa shape index (κ3) is 2.44. The molecule has 6 nitrogen and oxygen atoms in total. The molecule has 6 heteroatoms. The molecule has 1 heterocycles. The number of ketones is 1. The third-order valence-corrected chi connectivity index (χ3v) is 3.85. The molecule has 0 saturated carbocycles. The van der Waals surface area contributed by atoms with E-state index in [9.17, 15) is 14.7 Å². The molecule has 0 fully saturated rings. The molecular weight excluding hydrogens is 270 g/mol. The van der Waals surface area contributed by atoms with Gasteiger partial charge in [-0.15, -0.1) is 0 Å². The third-order valence-electron chi connectivity index (χ3n) is 3.85. The van der Waals surface area contributed by atoms with Gasteiger partial charge >= 0.3 is 5.97 Å². The molecule has 0 amide bonds. The molecule has 0 saturated heterocycles. The Morgan fingerprint density at radius 1 is 1.33 bits per heavy atom. The van der Waals surface area contributed by atoms with Crippen LogP contribution in [0.3, 0.4) is 0 Å². The van der Waals surface area contributed by atoms with Crippen molar-refractivity contribution in [3.63, 3.8) is 0 Å². The summed E-state index contributed by atoms with van der Waals surface area (Å²) in [5, 5.41) is 13.8. The van der Waals surface area contributed by atoms with Crippen LogP contribution in [0.15, 0.2) is 43.0 Å². The van der Waals surface area contributed by atoms with Crippen LogP contribution >= 0.6 is 0 Å². The second kappa shape index (κ2) is 5.87. The minimum atomic E-state index is -1.57. The van der Waals surface area contributed by atoms with E-state index in [-0.39, 0.29) is 6.42 Å². The van der Waals surface area contributed by atoms with Gasteiger partial charge in [0.2, 0.25) is 0 Å². The summed E-state index contributed by atoms with van der Waals surface area (Å²) in [4.78, 5) is 28.0. The number of aliphatic carboxylic acids is 1. The molecule has 0 aliphatic heterocycles. The molecule has 0 aliphatic rings. The zero-order valence-electron chi connectivity index (χ0n) is 11.9. The van der Waals surface area contributed by atoms with Gasteiger partial charge in [0.15, 0.2) is 5.41 Å². The fourth-order valence-electron chi connectivity index (χ4n) is 2.70. The maximum Gasteiger partial charge on any atom is 0.319 e. The van der Waals surface area contributed by atoms with E-state index < -0.39 is 23.2 Å². The van der Waals surface area contributed by atoms with E-state index in [1.165, 1.54) is 24.3 Å². The summed E-state index contributed by atoms with van der Waals surface area (Å²) >= 11 is 0. The molecule has 21 heavy (non-hydrogen) atoms. The SMILES string of the molecule is CCC(C(C)=O)(C(=O)O)C(c1ccccc1)n1cncn1. The van der Waals surface area contributed by atoms with Crippen LogP contribution in [-0.2, 0) is 9.59 Å². The summed E-state index contributed by atoms with van der Waals surface area (Å²) in [6, 6.07) is 8.31. The fourth-order valence-corrected chi connectivity index (χ4v) is 2.70. The molecule has 0 radical (unpaired) electrons. The van der Waals surface area contributed by atoms with E-state index in [4.69, 9.17) is 0 Å². The Morgan fingerprint density at radius 2 is 2.00 bits per heavy atom. The molecule has 1 aromatic heterocycles. The van der Waals surface area contributed by atoms with Gasteiger partial charge in [0, 0.05) is 0 Å². The number of benzene rings is 1. The van der Waals surface area contributed by atoms with Crippen LogP contribution in [0.1, 0.15) is 31.9 Å². The van der Waals surface area contributed by atoms with E-state index in [1.807, 2.05) is 18.2 Å². The molecule has 1 N–H and O–H groups in total. The Bertz CT molecular complexity index is 609. The molecule has 0 bridgehead atoms. The van der Waals surface area contributed by atoms with Crippen molar-refractivity contribution in [2.24, 2.45) is 5.41 Å². The van der Waals surface area contributed by atoms with Crippen molar-refractivity contribution in [2.45, 2.75) is 26.3 Å². The normalized spacial score (nSPS) is 15.1. The molecule has 0 spiro atoms. The number of carboxylic acids is 1. The van der Waals surface area contributed by atoms with Crippen molar-refractivity contribution in [2.75, 3.05) is 0 Å². The van der Waals surface area contributed by atoms with Crippen molar-refractivity contribution < 1.29 is 14.7 Å². The van der Waals surface area contributed by atoms with Gasteiger partial charge in [0.25, 0.3) is 0 Å². The Balaban J connectivity index is 2.69. The number of hydrogen-bond acceptors (Lipinski definition) is 4. The first-order valence-corrected chi connectivity index (χ1v) is 6.67. The van der Waals surface area contributed by atoms with Gasteiger partial charge in [-0.25, -0.2) is 9.67 Å². The number of Topliss-reactive ketones (excluding diaryl/α,β-unsaturated/α-hetero) is 1. The molecule has 1 aromatic carbocycles. The predicted molar refractivity (Wildman–Crippen MR) is 75.6 cm³/mol. The monoisotopic (exact) mass is 287 g/mol. The molecule has 0 aliphatic carbocycles. The minimum absolute atomic E-state index is 0.164. The number of nitrogens with zero attached hydrogens (tertiary/aromatic N) is 3. The van der Waals surface area contributed by atoms with E-state index in [2.05, 4.69) is 10.1 Å². The molecule has 2 rings (SSSR count). The first kappa shape index (κ1) is 14.9. The Morgan fingerprint density at radius 3 is 2.43 bits per heavy atom. The van der Waals surface area contributed by atoms with Crippen molar-refractivity contribution in [3.05, 3.63) is 48.5 Å². The Hall–Kier alpha value is -2.50. The van der Waals surface area contributed by atoms with E-state index in [1.54, 1.807) is 19.1 Å². The average molecular weight is 287 g/mol. The van der Waals surface area contributed by atoms with Crippen LogP contribution in [0.4, 0.5) is 0 Å². The first-order valence-electron chi connectivity index (χ1n) is 6.67. The number of carbonyl (C=O) groups excluding carboxylic acids is 1. The Kier molecular flexibility index (Phi) is 4.16. The van der Waals surface area contributed by atoms with Crippen molar-refractivity contribution >= 4 is 11.8 Å². The zero-order chi connectivity index (χ0) is 15.5. The quantitative estimate of drug-likeness (QED) is 0.821. The number of hydrogen-bond donors (Lipinski definition) is 1. The van der Waals surface area contributed by atoms with Crippen molar-refractivity contribution in [3.8, 4) is 0 Å². The summed E-state index contributed by atoms with van der Waals surface area (Å²) < 4.78 is 1.44. The van der Waals surface area contributed by atoms with Gasteiger partial charge in [-0.05, 0) is 18.9 Å². The van der Waals surface area contributed by atoms with Crippen LogP contribution in [0.25, 0.3) is 0 Å². The highest BCUT2D eigenvalue weighted by molar-refractivity contribution is 6.03. The number of rotatable bonds is 6. The van der Waals surface area contributed by atoms with Crippen LogP contribution in [0.5, 0.6) is 0 Å². The maximum absolute atomic E-state index is 12.2. The first-order chi connectivity index (χ1) is 10.0. The van der Waals surface area contributed by atoms with Crippen LogP contribution in [-0.4, -0.2) is 31.6 Å². The smallest absolute Gasteiger partial charge is 0.319 e. The van der Waals surface area contributed by atoms with Gasteiger partial charge in [0.05, 0.1) is 0 Å². The molecular formula is C15H17N3O3. The fraction of sp³-hybridized carbons (Fsp3) is 0.333. The number of carbonyl (C=O) groups is 2. The summed E-state index contributed by atoms with van der Waals surface area (Å²) in [7, 11) is 0. The predicted octanol–water partition coefficient (Wildman–Crippen LogP) is 1.94. The van der Waals surface area contributed by atoms with Gasteiger partial charge in [0.1, 0.15) is 24.5 Å². The molecule has 110 valence electrons. The highest BCUT2D eigenvalue weighted by Crippen LogP contribution is 2.41. The van der Waals surface area contributed by atoms with E-state index in [0.29, 0.717) is 5.56 Å². The van der Waals surface area contributed by atoms with Crippen molar-refractivity contribution in [1.29, 1.82) is 0 Å². The van der Waals surface area contributed by atoms with Gasteiger partial charge in [-0.2, -0.15) is 5.10 Å². The molecule has 2 aromatic rings. The second-order valence-electron chi connectivity index (χ2n) is 4.87. The highest BCUT2D eigenvalue weighted by atomic mass is 16.4. The summed E-state index contributed by atoms with van der Waals surface area (Å²) in [6.45, 7) is 3.01. The van der Waals surface area contributed by atoms with Gasteiger partial charge in [-0.3, -0.25) is 9.59 Å². The van der Waals surface area contributed by atoms with Gasteiger partial charge in [-0.1, -0.05) is 37.3 Å². The lowest BCUT2D eigenvalue weighted by Crippen LogP contribution is -2.46. The Labute approximate surface area is 122 Å². The largest absolute Gasteiger partial charge is 0.480 e. The summed E-state index contributed by atoms with van der Waals surface area (Å²) in [6.07, 6.45) is 2.93. The van der Waals surface area contributed by atoms with Crippen LogP contribution in [0, 0.1) is 5.41 Å². The topological polar surface area (TPSA) is 85.1 Å². The van der Waals surface area contributed by atoms with Crippen LogP contribution in [0.2, 0.25) is 0 Å². The lowest BCUT2D eigenvalue weighted by atomic mass is 9.72. The minimum Gasteiger partial charge on any atom is -0.480 e. The van der Waals surface area contributed by atoms with Gasteiger partial charge < -0.3 is 5.11 Å². The lowest BCUT2D eigenvalue weighted by Gasteiger charge is -2.34. The van der Waals surface area contributed by atoms with E-state index in [0.717, 1.165) is 0 Å².